The van der Waals surface area contributed by atoms with Gasteiger partial charge in [0.2, 0.25) is 0 Å². The van der Waals surface area contributed by atoms with Crippen molar-refractivity contribution in [1.29, 1.82) is 0 Å². The Bertz CT molecular complexity index is 685. The number of aliphatic imine (C=N–C) groups is 1. The molecule has 1 heterocycles. The minimum atomic E-state index is 0.589. The monoisotopic (exact) mass is 378 g/mol. The lowest BCUT2D eigenvalue weighted by Gasteiger charge is -2.23. The van der Waals surface area contributed by atoms with Gasteiger partial charge in [0.05, 0.1) is 13.2 Å². The Hall–Kier alpha value is -2.12. The zero-order valence-corrected chi connectivity index (χ0v) is 16.4. The van der Waals surface area contributed by atoms with Crippen LogP contribution in [0.25, 0.3) is 0 Å². The second-order valence-corrected chi connectivity index (χ2v) is 6.34. The molecule has 0 spiro atoms. The smallest absolute Gasteiger partial charge is 0.194 e. The van der Waals surface area contributed by atoms with Crippen molar-refractivity contribution in [2.24, 2.45) is 4.99 Å². The predicted molar refractivity (Wildman–Crippen MR) is 104 cm³/mol. The molecule has 0 saturated heterocycles. The lowest BCUT2D eigenvalue weighted by atomic mass is 10.2. The van der Waals surface area contributed by atoms with Crippen molar-refractivity contribution >= 4 is 17.6 Å². The second kappa shape index (κ2) is 10.8. The van der Waals surface area contributed by atoms with Crippen LogP contribution >= 0.6 is 11.6 Å². The number of guanidine groups is 1. The van der Waals surface area contributed by atoms with Crippen LogP contribution < -0.4 is 5.32 Å². The molecule has 26 heavy (non-hydrogen) atoms. The summed E-state index contributed by atoms with van der Waals surface area (Å²) < 4.78 is 7.16. The van der Waals surface area contributed by atoms with Gasteiger partial charge in [0.1, 0.15) is 12.2 Å². The molecule has 0 bridgehead atoms. The minimum absolute atomic E-state index is 0.589. The van der Waals surface area contributed by atoms with E-state index in [1.807, 2.05) is 31.3 Å². The molecule has 1 aromatic heterocycles. The Labute approximate surface area is 160 Å². The number of aromatic nitrogens is 3. The molecular weight excluding hydrogens is 352 g/mol. The van der Waals surface area contributed by atoms with Gasteiger partial charge in [0.15, 0.2) is 5.96 Å². The summed E-state index contributed by atoms with van der Waals surface area (Å²) in [5.41, 5.74) is 1.17. The first-order chi connectivity index (χ1) is 12.6. The summed E-state index contributed by atoms with van der Waals surface area (Å²) in [5.74, 6) is 1.82. The Balaban J connectivity index is 1.95. The summed E-state index contributed by atoms with van der Waals surface area (Å²) in [5, 5.41) is 12.2. The van der Waals surface area contributed by atoms with Crippen LogP contribution in [0.4, 0.5) is 0 Å². The number of nitrogens with one attached hydrogen (secondary N) is 1. The third-order valence-corrected chi connectivity index (χ3v) is 4.15. The maximum atomic E-state index is 5.96. The average Bonchev–Trinajstić information content (AvgIpc) is 3.10. The molecule has 2 rings (SSSR count). The quantitative estimate of drug-likeness (QED) is 0.411. The molecule has 142 valence electrons. The highest BCUT2D eigenvalue weighted by Gasteiger charge is 2.08. The zero-order valence-electron chi connectivity index (χ0n) is 15.7. The van der Waals surface area contributed by atoms with E-state index in [0.717, 1.165) is 42.9 Å². The molecule has 2 aromatic rings. The molecule has 0 saturated carbocycles. The Kier molecular flexibility index (Phi) is 8.37. The lowest BCUT2D eigenvalue weighted by molar-refractivity contribution is 0.207. The normalized spacial score (nSPS) is 11.6. The van der Waals surface area contributed by atoms with E-state index in [9.17, 15) is 0 Å². The molecule has 0 unspecified atom stereocenters. The van der Waals surface area contributed by atoms with E-state index in [2.05, 4.69) is 36.9 Å². The van der Waals surface area contributed by atoms with Gasteiger partial charge in [-0.3, -0.25) is 4.99 Å². The van der Waals surface area contributed by atoms with Crippen molar-refractivity contribution in [2.75, 3.05) is 33.9 Å². The van der Waals surface area contributed by atoms with E-state index in [-0.39, 0.29) is 0 Å². The van der Waals surface area contributed by atoms with Gasteiger partial charge in [-0.25, -0.2) is 0 Å². The van der Waals surface area contributed by atoms with Crippen LogP contribution in [-0.4, -0.2) is 59.5 Å². The highest BCUT2D eigenvalue weighted by Crippen LogP contribution is 2.11. The summed E-state index contributed by atoms with van der Waals surface area (Å²) in [7, 11) is 3.70. The first-order valence-corrected chi connectivity index (χ1v) is 9.11. The highest BCUT2D eigenvalue weighted by molar-refractivity contribution is 6.30. The average molecular weight is 379 g/mol. The van der Waals surface area contributed by atoms with Gasteiger partial charge >= 0.3 is 0 Å². The van der Waals surface area contributed by atoms with Crippen LogP contribution in [0.2, 0.25) is 5.02 Å². The van der Waals surface area contributed by atoms with Gasteiger partial charge in [0.25, 0.3) is 0 Å². The summed E-state index contributed by atoms with van der Waals surface area (Å²) in [6.07, 6.45) is 2.63. The van der Waals surface area contributed by atoms with Gasteiger partial charge < -0.3 is 19.5 Å². The number of rotatable bonds is 9. The van der Waals surface area contributed by atoms with Gasteiger partial charge in [-0.05, 0) is 17.7 Å². The van der Waals surface area contributed by atoms with Crippen LogP contribution in [-0.2, 0) is 24.2 Å². The number of nitrogens with zero attached hydrogens (tertiary/aromatic N) is 5. The molecule has 1 aromatic carbocycles. The summed E-state index contributed by atoms with van der Waals surface area (Å²) in [6, 6.07) is 7.85. The topological polar surface area (TPSA) is 67.6 Å². The van der Waals surface area contributed by atoms with E-state index < -0.39 is 0 Å². The Morgan fingerprint density at radius 2 is 2.12 bits per heavy atom. The predicted octanol–water partition coefficient (Wildman–Crippen LogP) is 2.22. The number of aryl methyl sites for hydroxylation is 1. The first-order valence-electron chi connectivity index (χ1n) is 8.73. The fourth-order valence-corrected chi connectivity index (χ4v) is 2.65. The minimum Gasteiger partial charge on any atom is -0.383 e. The Morgan fingerprint density at radius 3 is 2.81 bits per heavy atom. The van der Waals surface area contributed by atoms with Crippen LogP contribution in [0.3, 0.4) is 0 Å². The number of hydrogen-bond donors (Lipinski definition) is 1. The first kappa shape index (κ1) is 20.2. The Morgan fingerprint density at radius 1 is 1.35 bits per heavy atom. The third kappa shape index (κ3) is 6.31. The molecule has 0 radical (unpaired) electrons. The molecule has 0 amide bonds. The number of benzene rings is 1. The molecule has 0 aliphatic heterocycles. The molecule has 0 fully saturated rings. The largest absolute Gasteiger partial charge is 0.383 e. The van der Waals surface area contributed by atoms with E-state index in [4.69, 9.17) is 16.3 Å². The standard InChI is InChI=1S/C18H27ClN6O/c1-4-17-23-22-14-25(17)11-9-20-18(21-10-12-26-3)24(2)13-15-5-7-16(19)8-6-15/h5-8,14H,4,9-13H2,1-3H3,(H,20,21). The molecule has 1 N–H and O–H groups in total. The van der Waals surface area contributed by atoms with E-state index in [0.29, 0.717) is 13.2 Å². The van der Waals surface area contributed by atoms with E-state index >= 15 is 0 Å². The van der Waals surface area contributed by atoms with Crippen molar-refractivity contribution < 1.29 is 4.74 Å². The highest BCUT2D eigenvalue weighted by atomic mass is 35.5. The van der Waals surface area contributed by atoms with Gasteiger partial charge in [-0.15, -0.1) is 10.2 Å². The van der Waals surface area contributed by atoms with Crippen molar-refractivity contribution in [1.82, 2.24) is 25.0 Å². The molecule has 7 nitrogen and oxygen atoms in total. The third-order valence-electron chi connectivity index (χ3n) is 3.90. The van der Waals surface area contributed by atoms with E-state index in [1.165, 1.54) is 5.56 Å². The second-order valence-electron chi connectivity index (χ2n) is 5.90. The van der Waals surface area contributed by atoms with Gasteiger partial charge in [-0.2, -0.15) is 0 Å². The number of halogens is 1. The summed E-state index contributed by atoms with van der Waals surface area (Å²) >= 11 is 5.96. The lowest BCUT2D eigenvalue weighted by Crippen LogP contribution is -2.40. The molecule has 8 heteroatoms. The fraction of sp³-hybridized carbons (Fsp3) is 0.500. The van der Waals surface area contributed by atoms with Crippen molar-refractivity contribution in [3.63, 3.8) is 0 Å². The SMILES string of the molecule is CCc1nncn1CCNC(=NCCOC)N(C)Cc1ccc(Cl)cc1. The van der Waals surface area contributed by atoms with Crippen LogP contribution in [0, 0.1) is 0 Å². The van der Waals surface area contributed by atoms with Gasteiger partial charge in [-0.1, -0.05) is 30.7 Å². The zero-order chi connectivity index (χ0) is 18.8. The summed E-state index contributed by atoms with van der Waals surface area (Å²) in [6.45, 7) is 5.53. The van der Waals surface area contributed by atoms with Crippen LogP contribution in [0.1, 0.15) is 18.3 Å². The van der Waals surface area contributed by atoms with Crippen molar-refractivity contribution in [3.05, 3.63) is 47.0 Å². The molecule has 0 aliphatic carbocycles. The maximum Gasteiger partial charge on any atom is 0.194 e. The molecule has 0 atom stereocenters. The molecular formula is C18H27ClN6O. The fourth-order valence-electron chi connectivity index (χ4n) is 2.52. The summed E-state index contributed by atoms with van der Waals surface area (Å²) in [4.78, 5) is 6.72. The van der Waals surface area contributed by atoms with Crippen LogP contribution in [0.15, 0.2) is 35.6 Å². The number of methoxy groups -OCH3 is 1. The van der Waals surface area contributed by atoms with Crippen molar-refractivity contribution in [2.45, 2.75) is 26.4 Å². The number of hydrogen-bond acceptors (Lipinski definition) is 4. The van der Waals surface area contributed by atoms with Crippen molar-refractivity contribution in [3.8, 4) is 0 Å². The van der Waals surface area contributed by atoms with E-state index in [1.54, 1.807) is 13.4 Å². The molecule has 0 aliphatic rings. The maximum absolute atomic E-state index is 5.96. The van der Waals surface area contributed by atoms with Gasteiger partial charge in [0, 0.05) is 45.2 Å². The van der Waals surface area contributed by atoms with Crippen LogP contribution in [0.5, 0.6) is 0 Å². The number of ether oxygens (including phenoxy) is 1.